The Labute approximate surface area is 156 Å². The molecule has 0 amide bonds. The molecular formula is C19H23FN6O. The molecule has 7 nitrogen and oxygen atoms in total. The number of fused-ring (bicyclic) bond motifs is 1. The van der Waals surface area contributed by atoms with Crippen LogP contribution in [0.3, 0.4) is 0 Å². The number of nitrogens with zero attached hydrogens (tertiary/aromatic N) is 5. The minimum Gasteiger partial charge on any atom is -0.310 e. The van der Waals surface area contributed by atoms with Crippen molar-refractivity contribution < 1.29 is 9.18 Å². The Balaban J connectivity index is 1.74. The van der Waals surface area contributed by atoms with Crippen LogP contribution in [-0.4, -0.2) is 36.6 Å². The molecule has 0 radical (unpaired) electrons. The van der Waals surface area contributed by atoms with Crippen LogP contribution in [0.1, 0.15) is 62.1 Å². The number of hydrogen-bond donors (Lipinski definition) is 1. The highest BCUT2D eigenvalue weighted by molar-refractivity contribution is 5.73. The minimum atomic E-state index is -0.741. The highest BCUT2D eigenvalue weighted by atomic mass is 19.1. The number of alkyl halides is 1. The number of nitrogens with one attached hydrogen (secondary N) is 1. The van der Waals surface area contributed by atoms with Gasteiger partial charge in [0.2, 0.25) is 5.95 Å². The summed E-state index contributed by atoms with van der Waals surface area (Å²) in [5, 5.41) is 8.09. The van der Waals surface area contributed by atoms with Gasteiger partial charge in [0.15, 0.2) is 6.29 Å². The zero-order chi connectivity index (χ0) is 19.2. The van der Waals surface area contributed by atoms with E-state index in [2.05, 4.69) is 36.1 Å². The average molecular weight is 370 g/mol. The van der Waals surface area contributed by atoms with E-state index in [0.717, 1.165) is 17.9 Å². The van der Waals surface area contributed by atoms with Gasteiger partial charge in [0.05, 0.1) is 11.2 Å². The van der Waals surface area contributed by atoms with Crippen molar-refractivity contribution in [3.05, 3.63) is 35.9 Å². The van der Waals surface area contributed by atoms with Gasteiger partial charge in [0.1, 0.15) is 23.3 Å². The molecule has 3 heterocycles. The summed E-state index contributed by atoms with van der Waals surface area (Å²) in [4.78, 5) is 19.7. The third-order valence-corrected chi connectivity index (χ3v) is 4.91. The average Bonchev–Trinajstić information content (AvgIpc) is 3.31. The molecular weight excluding hydrogens is 347 g/mol. The van der Waals surface area contributed by atoms with E-state index in [4.69, 9.17) is 5.10 Å². The molecule has 1 aliphatic carbocycles. The van der Waals surface area contributed by atoms with E-state index >= 15 is 0 Å². The lowest BCUT2D eigenvalue weighted by Crippen LogP contribution is -2.25. The molecule has 0 aliphatic heterocycles. The highest BCUT2D eigenvalue weighted by Gasteiger charge is 2.30. The van der Waals surface area contributed by atoms with Gasteiger partial charge in [0, 0.05) is 24.4 Å². The van der Waals surface area contributed by atoms with Crippen LogP contribution in [0.2, 0.25) is 0 Å². The second kappa shape index (κ2) is 6.44. The van der Waals surface area contributed by atoms with Crippen LogP contribution in [0.15, 0.2) is 24.5 Å². The molecule has 8 heteroatoms. The van der Waals surface area contributed by atoms with Crippen LogP contribution in [0.5, 0.6) is 0 Å². The first-order valence-electron chi connectivity index (χ1n) is 9.16. The maximum Gasteiger partial charge on any atom is 0.214 e. The summed E-state index contributed by atoms with van der Waals surface area (Å²) < 4.78 is 17.3. The molecule has 0 aromatic carbocycles. The smallest absolute Gasteiger partial charge is 0.214 e. The van der Waals surface area contributed by atoms with Crippen molar-refractivity contribution in [1.82, 2.24) is 24.1 Å². The van der Waals surface area contributed by atoms with Crippen molar-refractivity contribution in [2.45, 2.75) is 57.7 Å². The molecule has 3 aromatic heterocycles. The summed E-state index contributed by atoms with van der Waals surface area (Å²) in [6.07, 6.45) is 5.19. The first kappa shape index (κ1) is 17.6. The predicted molar refractivity (Wildman–Crippen MR) is 100 cm³/mol. The van der Waals surface area contributed by atoms with Gasteiger partial charge in [-0.2, -0.15) is 5.10 Å². The molecule has 3 aromatic rings. The lowest BCUT2D eigenvalue weighted by atomic mass is 10.0. The van der Waals surface area contributed by atoms with Crippen molar-refractivity contribution in [3.63, 3.8) is 0 Å². The van der Waals surface area contributed by atoms with Gasteiger partial charge >= 0.3 is 0 Å². The molecule has 0 spiro atoms. The predicted octanol–water partition coefficient (Wildman–Crippen LogP) is 3.84. The Morgan fingerprint density at radius 2 is 2.15 bits per heavy atom. The summed E-state index contributed by atoms with van der Waals surface area (Å²) in [5.41, 5.74) is 1.62. The van der Waals surface area contributed by atoms with Crippen LogP contribution in [0, 0.1) is 0 Å². The van der Waals surface area contributed by atoms with Crippen molar-refractivity contribution in [1.29, 1.82) is 0 Å². The quantitative estimate of drug-likeness (QED) is 0.706. The number of anilines is 2. The monoisotopic (exact) mass is 370 g/mol. The third kappa shape index (κ3) is 3.31. The Morgan fingerprint density at radius 1 is 1.33 bits per heavy atom. The summed E-state index contributed by atoms with van der Waals surface area (Å²) in [7, 11) is 0. The fraction of sp³-hybridized carbons (Fsp3) is 0.474. The molecule has 1 saturated carbocycles. The number of carbonyl (C=O) groups is 1. The van der Waals surface area contributed by atoms with Crippen molar-refractivity contribution in [2.75, 3.05) is 5.32 Å². The van der Waals surface area contributed by atoms with Gasteiger partial charge in [0.25, 0.3) is 0 Å². The van der Waals surface area contributed by atoms with E-state index in [1.165, 1.54) is 0 Å². The van der Waals surface area contributed by atoms with Crippen LogP contribution in [0.4, 0.5) is 16.2 Å². The zero-order valence-electron chi connectivity index (χ0n) is 15.7. The van der Waals surface area contributed by atoms with Crippen molar-refractivity contribution in [3.8, 4) is 0 Å². The Kier molecular flexibility index (Phi) is 4.20. The molecule has 4 rings (SSSR count). The zero-order valence-corrected chi connectivity index (χ0v) is 15.7. The largest absolute Gasteiger partial charge is 0.310 e. The maximum atomic E-state index is 13.7. The van der Waals surface area contributed by atoms with Gasteiger partial charge < -0.3 is 5.32 Å². The lowest BCUT2D eigenvalue weighted by molar-refractivity contribution is 0.111. The second-order valence-corrected chi connectivity index (χ2v) is 8.05. The molecule has 27 heavy (non-hydrogen) atoms. The summed E-state index contributed by atoms with van der Waals surface area (Å²) in [6, 6.07) is 3.72. The summed E-state index contributed by atoms with van der Waals surface area (Å²) >= 11 is 0. The molecule has 0 saturated heterocycles. The molecule has 1 N–H and O–H groups in total. The SMILES string of the molecule is CC(C)(C)n1nc(C2CCC(F)C2)cc1Nc1nccc2nc(C=O)cn12. The van der Waals surface area contributed by atoms with E-state index in [1.807, 2.05) is 10.7 Å². The highest BCUT2D eigenvalue weighted by Crippen LogP contribution is 2.37. The third-order valence-electron chi connectivity index (χ3n) is 4.91. The number of imidazole rings is 1. The molecule has 0 bridgehead atoms. The lowest BCUT2D eigenvalue weighted by Gasteiger charge is -2.22. The number of aldehydes is 1. The Hall–Kier alpha value is -2.77. The van der Waals surface area contributed by atoms with Gasteiger partial charge in [-0.1, -0.05) is 0 Å². The van der Waals surface area contributed by atoms with Crippen LogP contribution in [0.25, 0.3) is 5.65 Å². The molecule has 2 atom stereocenters. The Morgan fingerprint density at radius 3 is 2.81 bits per heavy atom. The molecule has 1 fully saturated rings. The van der Waals surface area contributed by atoms with Crippen molar-refractivity contribution in [2.24, 2.45) is 0 Å². The van der Waals surface area contributed by atoms with E-state index in [9.17, 15) is 9.18 Å². The fourth-order valence-corrected chi connectivity index (χ4v) is 3.60. The first-order chi connectivity index (χ1) is 12.8. The van der Waals surface area contributed by atoms with Gasteiger partial charge in [-0.3, -0.25) is 9.20 Å². The maximum absolute atomic E-state index is 13.7. The Bertz CT molecular complexity index is 986. The van der Waals surface area contributed by atoms with Crippen LogP contribution in [-0.2, 0) is 5.54 Å². The number of aromatic nitrogens is 5. The standard InChI is InChI=1S/C19H23FN6O/c1-19(2,3)26-17(9-15(24-26)12-4-5-13(20)8-12)23-18-21-7-6-16-22-14(11-27)10-25(16)18/h6-7,9-13H,4-5,8H2,1-3H3,(H,21,23). The van der Waals surface area contributed by atoms with Crippen LogP contribution < -0.4 is 5.32 Å². The number of carbonyl (C=O) groups excluding carboxylic acids is 1. The number of hydrogen-bond acceptors (Lipinski definition) is 5. The van der Waals surface area contributed by atoms with Crippen molar-refractivity contribution >= 4 is 23.7 Å². The first-order valence-corrected chi connectivity index (χ1v) is 9.16. The van der Waals surface area contributed by atoms with E-state index < -0.39 is 6.17 Å². The topological polar surface area (TPSA) is 77.1 Å². The van der Waals surface area contributed by atoms with Gasteiger partial charge in [-0.15, -0.1) is 0 Å². The van der Waals surface area contributed by atoms with E-state index in [0.29, 0.717) is 36.4 Å². The molecule has 2 unspecified atom stereocenters. The number of rotatable bonds is 4. The summed E-state index contributed by atoms with van der Waals surface area (Å²) in [5.74, 6) is 1.46. The number of halogens is 1. The molecule has 142 valence electrons. The van der Waals surface area contributed by atoms with E-state index in [1.54, 1.807) is 22.9 Å². The van der Waals surface area contributed by atoms with Crippen LogP contribution >= 0.6 is 0 Å². The minimum absolute atomic E-state index is 0.141. The normalized spacial score (nSPS) is 20.3. The molecule has 1 aliphatic rings. The van der Waals surface area contributed by atoms with Gasteiger partial charge in [-0.05, 0) is 46.1 Å². The van der Waals surface area contributed by atoms with Gasteiger partial charge in [-0.25, -0.2) is 19.0 Å². The fourth-order valence-electron chi connectivity index (χ4n) is 3.60. The second-order valence-electron chi connectivity index (χ2n) is 8.05. The van der Waals surface area contributed by atoms with E-state index in [-0.39, 0.29) is 11.5 Å². The summed E-state index contributed by atoms with van der Waals surface area (Å²) in [6.45, 7) is 6.20.